The van der Waals surface area contributed by atoms with Crippen molar-refractivity contribution in [1.29, 1.82) is 0 Å². The number of aromatic nitrogens is 2. The summed E-state index contributed by atoms with van der Waals surface area (Å²) in [4.78, 5) is 13.1. The molecular formula is C15H18ClN3OS. The highest BCUT2D eigenvalue weighted by Crippen LogP contribution is 2.24. The summed E-state index contributed by atoms with van der Waals surface area (Å²) < 4.78 is 3.89. The molecular weight excluding hydrogens is 306 g/mol. The van der Waals surface area contributed by atoms with Crippen LogP contribution in [0.1, 0.15) is 41.2 Å². The van der Waals surface area contributed by atoms with Gasteiger partial charge in [-0.15, -0.1) is 16.7 Å². The maximum Gasteiger partial charge on any atom is 0.265 e. The Balaban J connectivity index is 2.22. The zero-order valence-electron chi connectivity index (χ0n) is 12.1. The molecule has 21 heavy (non-hydrogen) atoms. The van der Waals surface area contributed by atoms with Gasteiger partial charge in [0.25, 0.3) is 5.91 Å². The first-order valence-electron chi connectivity index (χ1n) is 6.86. The Hall–Kier alpha value is -1.46. The number of benzene rings is 1. The van der Waals surface area contributed by atoms with Gasteiger partial charge in [-0.3, -0.25) is 4.79 Å². The monoisotopic (exact) mass is 323 g/mol. The lowest BCUT2D eigenvalue weighted by atomic mass is 9.94. The fourth-order valence-electron chi connectivity index (χ4n) is 2.08. The van der Waals surface area contributed by atoms with Gasteiger partial charge in [-0.25, -0.2) is 0 Å². The van der Waals surface area contributed by atoms with E-state index in [0.717, 1.165) is 35.6 Å². The topological polar surface area (TPSA) is 54.9 Å². The highest BCUT2D eigenvalue weighted by Gasteiger charge is 2.29. The Morgan fingerprint density at radius 2 is 2.10 bits per heavy atom. The van der Waals surface area contributed by atoms with E-state index in [1.54, 1.807) is 0 Å². The molecule has 4 nitrogen and oxygen atoms in total. The zero-order chi connectivity index (χ0) is 15.3. The van der Waals surface area contributed by atoms with Gasteiger partial charge in [-0.2, -0.15) is 0 Å². The first-order valence-corrected chi connectivity index (χ1v) is 8.16. The third kappa shape index (κ3) is 3.60. The molecule has 0 aliphatic heterocycles. The number of halogens is 1. The Morgan fingerprint density at radius 1 is 1.38 bits per heavy atom. The Morgan fingerprint density at radius 3 is 2.71 bits per heavy atom. The van der Waals surface area contributed by atoms with Crippen molar-refractivity contribution < 1.29 is 4.79 Å². The Labute approximate surface area is 133 Å². The van der Waals surface area contributed by atoms with E-state index in [-0.39, 0.29) is 11.8 Å². The maximum atomic E-state index is 12.5. The summed E-state index contributed by atoms with van der Waals surface area (Å²) in [6, 6.07) is 9.72. The average molecular weight is 324 g/mol. The first-order chi connectivity index (χ1) is 10.1. The molecule has 2 aromatic rings. The Bertz CT molecular complexity index is 602. The van der Waals surface area contributed by atoms with Crippen molar-refractivity contribution in [3.05, 3.63) is 46.5 Å². The van der Waals surface area contributed by atoms with E-state index in [1.165, 1.54) is 0 Å². The van der Waals surface area contributed by atoms with Crippen molar-refractivity contribution in [2.45, 2.75) is 32.2 Å². The van der Waals surface area contributed by atoms with Crippen LogP contribution < -0.4 is 5.32 Å². The highest BCUT2D eigenvalue weighted by atomic mass is 35.5. The van der Waals surface area contributed by atoms with Gasteiger partial charge >= 0.3 is 0 Å². The predicted molar refractivity (Wildman–Crippen MR) is 85.9 cm³/mol. The van der Waals surface area contributed by atoms with Crippen molar-refractivity contribution in [2.75, 3.05) is 5.88 Å². The van der Waals surface area contributed by atoms with Gasteiger partial charge in [0.2, 0.25) is 0 Å². The molecule has 0 aliphatic rings. The number of aryl methyl sites for hydroxylation is 1. The Kier molecular flexibility index (Phi) is 5.31. The van der Waals surface area contributed by atoms with E-state index in [0.29, 0.717) is 4.88 Å². The molecule has 2 rings (SSSR count). The van der Waals surface area contributed by atoms with E-state index in [9.17, 15) is 4.79 Å². The number of carbonyl (C=O) groups excluding carboxylic acids is 1. The molecule has 0 saturated carbocycles. The number of alkyl halides is 1. The van der Waals surface area contributed by atoms with Gasteiger partial charge in [0, 0.05) is 5.88 Å². The third-order valence-electron chi connectivity index (χ3n) is 3.32. The average Bonchev–Trinajstić information content (AvgIpc) is 2.97. The minimum absolute atomic E-state index is 0.166. The number of carbonyl (C=O) groups is 1. The van der Waals surface area contributed by atoms with Gasteiger partial charge < -0.3 is 5.32 Å². The van der Waals surface area contributed by atoms with Gasteiger partial charge in [0.1, 0.15) is 4.88 Å². The van der Waals surface area contributed by atoms with Crippen LogP contribution in [-0.2, 0) is 12.0 Å². The van der Waals surface area contributed by atoms with E-state index in [4.69, 9.17) is 11.6 Å². The summed E-state index contributed by atoms with van der Waals surface area (Å²) in [7, 11) is 0. The summed E-state index contributed by atoms with van der Waals surface area (Å²) in [6.07, 6.45) is 1.68. The lowest BCUT2D eigenvalue weighted by Crippen LogP contribution is -2.45. The fraction of sp³-hybridized carbons (Fsp3) is 0.400. The van der Waals surface area contributed by atoms with Gasteiger partial charge in [0.05, 0.1) is 11.2 Å². The number of amides is 1. The molecule has 1 amide bonds. The van der Waals surface area contributed by atoms with Gasteiger partial charge in [-0.1, -0.05) is 48.2 Å². The summed E-state index contributed by atoms with van der Waals surface area (Å²) >= 11 is 7.23. The van der Waals surface area contributed by atoms with Crippen molar-refractivity contribution >= 4 is 29.0 Å². The van der Waals surface area contributed by atoms with Crippen LogP contribution in [0.3, 0.4) is 0 Å². The highest BCUT2D eigenvalue weighted by molar-refractivity contribution is 7.08. The largest absolute Gasteiger partial charge is 0.341 e. The third-order valence-corrected chi connectivity index (χ3v) is 4.62. The van der Waals surface area contributed by atoms with Crippen LogP contribution in [0, 0.1) is 0 Å². The number of nitrogens with zero attached hydrogens (tertiary/aromatic N) is 2. The molecule has 0 aliphatic carbocycles. The molecule has 0 bridgehead atoms. The summed E-state index contributed by atoms with van der Waals surface area (Å²) in [5.74, 6) is 0.124. The number of rotatable bonds is 6. The van der Waals surface area contributed by atoms with Gasteiger partial charge in [-0.05, 0) is 30.4 Å². The van der Waals surface area contributed by atoms with Crippen LogP contribution in [0.15, 0.2) is 30.3 Å². The quantitative estimate of drug-likeness (QED) is 0.829. The van der Waals surface area contributed by atoms with E-state index < -0.39 is 5.54 Å². The number of nitrogens with one attached hydrogen (secondary N) is 1. The van der Waals surface area contributed by atoms with E-state index in [2.05, 4.69) is 14.9 Å². The second-order valence-electron chi connectivity index (χ2n) is 5.08. The lowest BCUT2D eigenvalue weighted by Gasteiger charge is -2.29. The number of hydrogen-bond donors (Lipinski definition) is 1. The lowest BCUT2D eigenvalue weighted by molar-refractivity contribution is 0.0916. The molecule has 1 unspecified atom stereocenters. The van der Waals surface area contributed by atoms with Gasteiger partial charge in [0.15, 0.2) is 0 Å². The first kappa shape index (κ1) is 15.9. The molecule has 1 aromatic carbocycles. The second kappa shape index (κ2) is 7.00. The van der Waals surface area contributed by atoms with Crippen LogP contribution in [0.25, 0.3) is 0 Å². The van der Waals surface area contributed by atoms with Crippen LogP contribution in [-0.4, -0.2) is 21.4 Å². The molecule has 0 radical (unpaired) electrons. The van der Waals surface area contributed by atoms with Crippen molar-refractivity contribution in [3.63, 3.8) is 0 Å². The van der Waals surface area contributed by atoms with Crippen LogP contribution in [0.5, 0.6) is 0 Å². The maximum absolute atomic E-state index is 12.5. The van der Waals surface area contributed by atoms with Crippen LogP contribution >= 0.6 is 23.1 Å². The summed E-state index contributed by atoms with van der Waals surface area (Å²) in [6.45, 7) is 3.97. The van der Waals surface area contributed by atoms with Crippen molar-refractivity contribution in [3.8, 4) is 0 Å². The second-order valence-corrected chi connectivity index (χ2v) is 6.11. The molecule has 112 valence electrons. The van der Waals surface area contributed by atoms with E-state index in [1.807, 2.05) is 44.2 Å². The number of hydrogen-bond acceptors (Lipinski definition) is 4. The summed E-state index contributed by atoms with van der Waals surface area (Å²) in [5, 5.41) is 7.05. The smallest absolute Gasteiger partial charge is 0.265 e. The van der Waals surface area contributed by atoms with Crippen LogP contribution in [0.4, 0.5) is 0 Å². The fourth-order valence-corrected chi connectivity index (χ4v) is 2.90. The molecule has 0 saturated heterocycles. The van der Waals surface area contributed by atoms with E-state index >= 15 is 0 Å². The minimum Gasteiger partial charge on any atom is -0.341 e. The molecule has 0 spiro atoms. The molecule has 1 aromatic heterocycles. The molecule has 0 fully saturated rings. The SMILES string of the molecule is CCCc1nnsc1C(=O)NC(C)(CCl)c1ccccc1. The molecule has 1 atom stereocenters. The normalized spacial score (nSPS) is 13.7. The summed E-state index contributed by atoms with van der Waals surface area (Å²) in [5.41, 5.74) is 1.11. The molecule has 1 N–H and O–H groups in total. The zero-order valence-corrected chi connectivity index (χ0v) is 13.7. The van der Waals surface area contributed by atoms with Crippen molar-refractivity contribution in [1.82, 2.24) is 14.9 Å². The molecule has 1 heterocycles. The van der Waals surface area contributed by atoms with Crippen LogP contribution in [0.2, 0.25) is 0 Å². The predicted octanol–water partition coefficient (Wildman–Crippen LogP) is 3.37. The minimum atomic E-state index is -0.618. The van der Waals surface area contributed by atoms with Crippen molar-refractivity contribution in [2.24, 2.45) is 0 Å². The molecule has 6 heteroatoms. The standard InChI is InChI=1S/C15H18ClN3OS/c1-3-7-12-13(21-19-18-12)14(20)17-15(2,10-16)11-8-5-4-6-9-11/h4-6,8-9H,3,7,10H2,1-2H3,(H,17,20).